The topological polar surface area (TPSA) is 62.2 Å². The average Bonchev–Trinajstić information content (AvgIpc) is 2.90. The smallest absolute Gasteiger partial charge is 0.166 e. The Hall–Kier alpha value is -1.56. The van der Waals surface area contributed by atoms with E-state index in [1.54, 1.807) is 7.11 Å². The maximum Gasteiger partial charge on any atom is 0.166 e. The number of likely N-dealkylation sites (N-methyl/N-ethyl adjacent to an activating group) is 1. The van der Waals surface area contributed by atoms with Crippen LogP contribution in [-0.2, 0) is 5.41 Å². The molecule has 5 nitrogen and oxygen atoms in total. The third-order valence-electron chi connectivity index (χ3n) is 6.41. The molecule has 2 bridgehead atoms. The molecule has 0 radical (unpaired) electrons. The summed E-state index contributed by atoms with van der Waals surface area (Å²) in [4.78, 5) is 2.24. The molecule has 23 heavy (non-hydrogen) atoms. The van der Waals surface area contributed by atoms with Crippen LogP contribution in [0.25, 0.3) is 0 Å². The molecule has 0 amide bonds. The standard InChI is InChI=1S/C18H21NO4/c1-19-8-7-18-10-4-5-11(20)17(18)23-16-12(22-2)6-3-9(13(16)18)15(21)14(10)19/h3-6,10-11,14-15,17,20-21H,7-8H2,1-2H3/t10-,11+,14-,15?,17+,18-/m0/s1. The number of methoxy groups -OCH3 is 1. The van der Waals surface area contributed by atoms with Gasteiger partial charge in [0.1, 0.15) is 12.2 Å². The highest BCUT2D eigenvalue weighted by atomic mass is 16.5. The molecule has 2 aliphatic heterocycles. The number of ether oxygens (including phenoxy) is 2. The fraction of sp³-hybridized carbons (Fsp3) is 0.556. The van der Waals surface area contributed by atoms with Gasteiger partial charge < -0.3 is 19.7 Å². The molecule has 2 heterocycles. The molecule has 1 aromatic rings. The number of benzene rings is 1. The Morgan fingerprint density at radius 3 is 2.91 bits per heavy atom. The van der Waals surface area contributed by atoms with E-state index in [4.69, 9.17) is 9.47 Å². The minimum atomic E-state index is -0.629. The lowest BCUT2D eigenvalue weighted by Crippen LogP contribution is -2.65. The summed E-state index contributed by atoms with van der Waals surface area (Å²) in [6.07, 6.45) is 3.35. The highest BCUT2D eigenvalue weighted by Gasteiger charge is 2.66. The van der Waals surface area contributed by atoms with Crippen molar-refractivity contribution >= 4 is 0 Å². The van der Waals surface area contributed by atoms with E-state index in [9.17, 15) is 10.2 Å². The predicted octanol–water partition coefficient (Wildman–Crippen LogP) is 0.992. The highest BCUT2D eigenvalue weighted by molar-refractivity contribution is 5.62. The number of aliphatic hydroxyl groups excluding tert-OH is 2. The van der Waals surface area contributed by atoms with Gasteiger partial charge in [0.2, 0.25) is 0 Å². The van der Waals surface area contributed by atoms with E-state index < -0.39 is 12.2 Å². The van der Waals surface area contributed by atoms with Crippen LogP contribution in [0.2, 0.25) is 0 Å². The van der Waals surface area contributed by atoms with Gasteiger partial charge in [-0.15, -0.1) is 0 Å². The van der Waals surface area contributed by atoms with Gasteiger partial charge in [0.05, 0.1) is 13.2 Å². The van der Waals surface area contributed by atoms with Crippen LogP contribution in [0.5, 0.6) is 11.5 Å². The monoisotopic (exact) mass is 315 g/mol. The SMILES string of the molecule is COc1ccc2c3c1O[C@@H]1[C@H](O)C=C[C@H]4[C@@H](C2O)N(C)CC[C@]314. The number of likely N-dealkylation sites (tertiary alicyclic amines) is 1. The second kappa shape index (κ2) is 4.29. The number of piperidine rings is 1. The molecule has 5 heteroatoms. The van der Waals surface area contributed by atoms with Crippen molar-refractivity contribution in [1.82, 2.24) is 4.90 Å². The summed E-state index contributed by atoms with van der Waals surface area (Å²) in [7, 11) is 3.70. The molecule has 122 valence electrons. The third-order valence-corrected chi connectivity index (χ3v) is 6.41. The Bertz CT molecular complexity index is 717. The van der Waals surface area contributed by atoms with Gasteiger partial charge in [-0.3, -0.25) is 4.90 Å². The fourth-order valence-corrected chi connectivity index (χ4v) is 5.45. The van der Waals surface area contributed by atoms with E-state index in [0.29, 0.717) is 11.5 Å². The zero-order chi connectivity index (χ0) is 15.9. The number of aliphatic hydroxyl groups is 2. The average molecular weight is 315 g/mol. The van der Waals surface area contributed by atoms with Gasteiger partial charge in [-0.25, -0.2) is 0 Å². The van der Waals surface area contributed by atoms with Crippen molar-refractivity contribution in [3.63, 3.8) is 0 Å². The zero-order valence-electron chi connectivity index (χ0n) is 13.3. The molecule has 0 aromatic heterocycles. The first-order valence-corrected chi connectivity index (χ1v) is 8.22. The van der Waals surface area contributed by atoms with E-state index in [-0.39, 0.29) is 23.5 Å². The van der Waals surface area contributed by atoms with Crippen molar-refractivity contribution in [2.75, 3.05) is 20.7 Å². The molecule has 0 saturated carbocycles. The molecule has 1 unspecified atom stereocenters. The van der Waals surface area contributed by atoms with Crippen LogP contribution in [0.3, 0.4) is 0 Å². The van der Waals surface area contributed by atoms with Crippen molar-refractivity contribution < 1.29 is 19.7 Å². The van der Waals surface area contributed by atoms with E-state index >= 15 is 0 Å². The van der Waals surface area contributed by atoms with Crippen LogP contribution in [0, 0.1) is 5.92 Å². The van der Waals surface area contributed by atoms with Crippen LogP contribution < -0.4 is 9.47 Å². The molecule has 2 aliphatic carbocycles. The minimum Gasteiger partial charge on any atom is -0.493 e. The van der Waals surface area contributed by atoms with Gasteiger partial charge in [0.25, 0.3) is 0 Å². The molecule has 1 spiro atoms. The first-order valence-electron chi connectivity index (χ1n) is 8.22. The van der Waals surface area contributed by atoms with Crippen molar-refractivity contribution in [1.29, 1.82) is 0 Å². The van der Waals surface area contributed by atoms with E-state index in [0.717, 1.165) is 24.1 Å². The first-order chi connectivity index (χ1) is 11.1. The quantitative estimate of drug-likeness (QED) is 0.757. The highest BCUT2D eigenvalue weighted by Crippen LogP contribution is 2.64. The third kappa shape index (κ3) is 1.40. The second-order valence-corrected chi connectivity index (χ2v) is 7.21. The normalized spacial score (nSPS) is 43.0. The number of nitrogens with zero attached hydrogens (tertiary/aromatic N) is 1. The summed E-state index contributed by atoms with van der Waals surface area (Å²) >= 11 is 0. The summed E-state index contributed by atoms with van der Waals surface area (Å²) in [5, 5.41) is 21.6. The van der Waals surface area contributed by atoms with E-state index in [1.807, 2.05) is 18.2 Å². The maximum atomic E-state index is 11.0. The van der Waals surface area contributed by atoms with Gasteiger partial charge in [-0.05, 0) is 31.6 Å². The summed E-state index contributed by atoms with van der Waals surface area (Å²) in [6, 6.07) is 3.84. The number of hydrogen-bond acceptors (Lipinski definition) is 5. The summed E-state index contributed by atoms with van der Waals surface area (Å²) in [5.41, 5.74) is 1.73. The molecular weight excluding hydrogens is 294 g/mol. The summed E-state index contributed by atoms with van der Waals surface area (Å²) < 4.78 is 11.7. The van der Waals surface area contributed by atoms with E-state index in [2.05, 4.69) is 18.0 Å². The van der Waals surface area contributed by atoms with Crippen LogP contribution in [-0.4, -0.2) is 54.1 Å². The van der Waals surface area contributed by atoms with Crippen LogP contribution >= 0.6 is 0 Å². The van der Waals surface area contributed by atoms with Crippen LogP contribution in [0.15, 0.2) is 24.3 Å². The Kier molecular flexibility index (Phi) is 2.58. The van der Waals surface area contributed by atoms with Gasteiger partial charge in [-0.2, -0.15) is 0 Å². The van der Waals surface area contributed by atoms with Crippen molar-refractivity contribution in [2.45, 2.75) is 36.2 Å². The van der Waals surface area contributed by atoms with Crippen LogP contribution in [0.1, 0.15) is 23.7 Å². The van der Waals surface area contributed by atoms with Gasteiger partial charge in [0, 0.05) is 22.9 Å². The Labute approximate surface area is 135 Å². The summed E-state index contributed by atoms with van der Waals surface area (Å²) in [5.74, 6) is 1.54. The Morgan fingerprint density at radius 1 is 1.30 bits per heavy atom. The van der Waals surface area contributed by atoms with Crippen molar-refractivity contribution in [3.05, 3.63) is 35.4 Å². The molecule has 1 saturated heterocycles. The zero-order valence-corrected chi connectivity index (χ0v) is 13.3. The molecule has 2 N–H and O–H groups in total. The van der Waals surface area contributed by atoms with Gasteiger partial charge in [-0.1, -0.05) is 18.2 Å². The minimum absolute atomic E-state index is 0.0189. The Morgan fingerprint density at radius 2 is 2.13 bits per heavy atom. The van der Waals surface area contributed by atoms with Crippen molar-refractivity contribution in [3.8, 4) is 11.5 Å². The second-order valence-electron chi connectivity index (χ2n) is 7.21. The van der Waals surface area contributed by atoms with E-state index in [1.165, 1.54) is 0 Å². The lowest BCUT2D eigenvalue weighted by Gasteiger charge is -2.57. The molecule has 1 fully saturated rings. The Balaban J connectivity index is 1.85. The molecule has 4 aliphatic rings. The van der Waals surface area contributed by atoms with Gasteiger partial charge >= 0.3 is 0 Å². The molecule has 1 aromatic carbocycles. The molecule has 5 rings (SSSR count). The van der Waals surface area contributed by atoms with Crippen molar-refractivity contribution in [2.24, 2.45) is 5.92 Å². The maximum absolute atomic E-state index is 11.0. The van der Waals surface area contributed by atoms with Crippen LogP contribution in [0.4, 0.5) is 0 Å². The largest absolute Gasteiger partial charge is 0.493 e. The lowest BCUT2D eigenvalue weighted by molar-refractivity contribution is -0.0823. The number of hydrogen-bond donors (Lipinski definition) is 2. The predicted molar refractivity (Wildman–Crippen MR) is 83.7 cm³/mol. The fourth-order valence-electron chi connectivity index (χ4n) is 5.45. The number of rotatable bonds is 1. The molecular formula is C18H21NO4. The first kappa shape index (κ1) is 13.8. The summed E-state index contributed by atoms with van der Waals surface area (Å²) in [6.45, 7) is 0.884. The lowest BCUT2D eigenvalue weighted by atomic mass is 9.52. The van der Waals surface area contributed by atoms with Gasteiger partial charge in [0.15, 0.2) is 11.5 Å². The molecule has 6 atom stereocenters.